The summed E-state index contributed by atoms with van der Waals surface area (Å²) in [5.74, 6) is 1.75. The molecule has 2 aromatic heterocycles. The number of rotatable bonds is 4. The second-order valence-corrected chi connectivity index (χ2v) is 6.56. The van der Waals surface area contributed by atoms with Crippen molar-refractivity contribution in [3.8, 4) is 28.6 Å². The SMILES string of the molecule is O=C(c1cc(-c2ccc3c(c2)OCO3)n[nH]1)N1CCC(Oc2cnccn2)C1. The number of carbonyl (C=O) groups excluding carboxylic acids is 1. The van der Waals surface area contributed by atoms with Crippen molar-refractivity contribution in [2.75, 3.05) is 19.9 Å². The predicted molar refractivity (Wildman–Crippen MR) is 97.1 cm³/mol. The Morgan fingerprint density at radius 3 is 3.04 bits per heavy atom. The van der Waals surface area contributed by atoms with Gasteiger partial charge in [0.05, 0.1) is 18.4 Å². The summed E-state index contributed by atoms with van der Waals surface area (Å²) in [4.78, 5) is 22.6. The number of hydrogen-bond acceptors (Lipinski definition) is 7. The lowest BCUT2D eigenvalue weighted by molar-refractivity contribution is 0.0765. The number of nitrogens with zero attached hydrogens (tertiary/aromatic N) is 4. The molecule has 0 bridgehead atoms. The zero-order valence-electron chi connectivity index (χ0n) is 14.9. The summed E-state index contributed by atoms with van der Waals surface area (Å²) in [7, 11) is 0. The highest BCUT2D eigenvalue weighted by molar-refractivity contribution is 5.93. The molecule has 1 N–H and O–H groups in total. The molecule has 28 heavy (non-hydrogen) atoms. The van der Waals surface area contributed by atoms with Gasteiger partial charge in [0.25, 0.3) is 5.91 Å². The highest BCUT2D eigenvalue weighted by Gasteiger charge is 2.29. The molecule has 2 aliphatic heterocycles. The topological polar surface area (TPSA) is 102 Å². The number of H-pyrrole nitrogens is 1. The van der Waals surface area contributed by atoms with Gasteiger partial charge in [-0.3, -0.25) is 14.9 Å². The fraction of sp³-hybridized carbons (Fsp3) is 0.263. The van der Waals surface area contributed by atoms with E-state index in [1.54, 1.807) is 29.6 Å². The van der Waals surface area contributed by atoms with Gasteiger partial charge in [-0.15, -0.1) is 0 Å². The lowest BCUT2D eigenvalue weighted by atomic mass is 10.1. The first-order chi connectivity index (χ1) is 13.8. The van der Waals surface area contributed by atoms with E-state index in [-0.39, 0.29) is 18.8 Å². The molecule has 4 heterocycles. The van der Waals surface area contributed by atoms with Gasteiger partial charge >= 0.3 is 0 Å². The first-order valence-electron chi connectivity index (χ1n) is 8.93. The van der Waals surface area contributed by atoms with Crippen LogP contribution in [0.3, 0.4) is 0 Å². The second-order valence-electron chi connectivity index (χ2n) is 6.56. The summed E-state index contributed by atoms with van der Waals surface area (Å²) in [6.45, 7) is 1.33. The average Bonchev–Trinajstić information content (AvgIpc) is 3.48. The van der Waals surface area contributed by atoms with Gasteiger partial charge in [0.2, 0.25) is 12.7 Å². The maximum atomic E-state index is 12.8. The summed E-state index contributed by atoms with van der Waals surface area (Å²) in [5.41, 5.74) is 1.96. The highest BCUT2D eigenvalue weighted by atomic mass is 16.7. The highest BCUT2D eigenvalue weighted by Crippen LogP contribution is 2.35. The average molecular weight is 379 g/mol. The summed E-state index contributed by atoms with van der Waals surface area (Å²) in [6.07, 6.45) is 5.38. The second kappa shape index (κ2) is 6.84. The number of likely N-dealkylation sites (tertiary alicyclic amines) is 1. The van der Waals surface area contributed by atoms with Crippen LogP contribution in [0.4, 0.5) is 0 Å². The molecule has 0 radical (unpaired) electrons. The van der Waals surface area contributed by atoms with Crippen molar-refractivity contribution < 1.29 is 19.0 Å². The fourth-order valence-corrected chi connectivity index (χ4v) is 3.33. The lowest BCUT2D eigenvalue weighted by Gasteiger charge is -2.15. The van der Waals surface area contributed by atoms with Crippen LogP contribution in [-0.4, -0.2) is 57.0 Å². The van der Waals surface area contributed by atoms with Gasteiger partial charge in [0.1, 0.15) is 11.8 Å². The quantitative estimate of drug-likeness (QED) is 0.738. The van der Waals surface area contributed by atoms with Gasteiger partial charge in [0.15, 0.2) is 11.5 Å². The third-order valence-electron chi connectivity index (χ3n) is 4.74. The molecular formula is C19H17N5O4. The molecule has 1 amide bonds. The molecule has 3 aromatic rings. The molecule has 5 rings (SSSR count). The third kappa shape index (κ3) is 3.11. The number of nitrogens with one attached hydrogen (secondary N) is 1. The van der Waals surface area contributed by atoms with Crippen molar-refractivity contribution in [1.29, 1.82) is 0 Å². The van der Waals surface area contributed by atoms with E-state index in [9.17, 15) is 4.79 Å². The molecule has 9 heteroatoms. The molecular weight excluding hydrogens is 362 g/mol. The minimum absolute atomic E-state index is 0.100. The Morgan fingerprint density at radius 2 is 2.14 bits per heavy atom. The number of fused-ring (bicyclic) bond motifs is 1. The molecule has 9 nitrogen and oxygen atoms in total. The Bertz CT molecular complexity index is 1010. The molecule has 0 aliphatic carbocycles. The number of benzene rings is 1. The van der Waals surface area contributed by atoms with Crippen LogP contribution in [0.1, 0.15) is 16.9 Å². The van der Waals surface area contributed by atoms with Gasteiger partial charge in [-0.05, 0) is 24.3 Å². The van der Waals surface area contributed by atoms with E-state index in [4.69, 9.17) is 14.2 Å². The van der Waals surface area contributed by atoms with E-state index in [0.717, 1.165) is 12.0 Å². The number of aromatic amines is 1. The predicted octanol–water partition coefficient (Wildman–Crippen LogP) is 1.89. The van der Waals surface area contributed by atoms with E-state index >= 15 is 0 Å². The van der Waals surface area contributed by atoms with Crippen molar-refractivity contribution >= 4 is 5.91 Å². The minimum Gasteiger partial charge on any atom is -0.471 e. The number of carbonyl (C=O) groups is 1. The van der Waals surface area contributed by atoms with Crippen LogP contribution in [-0.2, 0) is 0 Å². The van der Waals surface area contributed by atoms with Crippen molar-refractivity contribution in [2.45, 2.75) is 12.5 Å². The summed E-state index contributed by atoms with van der Waals surface area (Å²) in [5, 5.41) is 7.11. The number of amides is 1. The molecule has 142 valence electrons. The van der Waals surface area contributed by atoms with Crippen molar-refractivity contribution in [2.24, 2.45) is 0 Å². The zero-order valence-corrected chi connectivity index (χ0v) is 14.9. The molecule has 0 saturated carbocycles. The van der Waals surface area contributed by atoms with E-state index in [1.807, 2.05) is 18.2 Å². The maximum Gasteiger partial charge on any atom is 0.272 e. The van der Waals surface area contributed by atoms with E-state index < -0.39 is 0 Å². The molecule has 1 unspecified atom stereocenters. The van der Waals surface area contributed by atoms with Crippen molar-refractivity contribution in [3.63, 3.8) is 0 Å². The Morgan fingerprint density at radius 1 is 1.21 bits per heavy atom. The van der Waals surface area contributed by atoms with E-state index in [2.05, 4.69) is 20.2 Å². The van der Waals surface area contributed by atoms with Crippen LogP contribution < -0.4 is 14.2 Å². The van der Waals surface area contributed by atoms with Crippen LogP contribution >= 0.6 is 0 Å². The maximum absolute atomic E-state index is 12.8. The van der Waals surface area contributed by atoms with Gasteiger partial charge in [0, 0.05) is 30.9 Å². The fourth-order valence-electron chi connectivity index (χ4n) is 3.33. The minimum atomic E-state index is -0.107. The largest absolute Gasteiger partial charge is 0.471 e. The molecule has 0 spiro atoms. The van der Waals surface area contributed by atoms with Crippen molar-refractivity contribution in [1.82, 2.24) is 25.1 Å². The number of hydrogen-bond donors (Lipinski definition) is 1. The first kappa shape index (κ1) is 16.5. The Labute approximate surface area is 160 Å². The summed E-state index contributed by atoms with van der Waals surface area (Å²) < 4.78 is 16.5. The van der Waals surface area contributed by atoms with Gasteiger partial charge in [-0.1, -0.05) is 0 Å². The van der Waals surface area contributed by atoms with Gasteiger partial charge < -0.3 is 19.1 Å². The number of aromatic nitrogens is 4. The van der Waals surface area contributed by atoms with E-state index in [1.165, 1.54) is 0 Å². The van der Waals surface area contributed by atoms with Gasteiger partial charge in [-0.2, -0.15) is 5.10 Å². The van der Waals surface area contributed by atoms with Crippen LogP contribution in [0.5, 0.6) is 17.4 Å². The summed E-state index contributed by atoms with van der Waals surface area (Å²) in [6, 6.07) is 7.32. The van der Waals surface area contributed by atoms with E-state index in [0.29, 0.717) is 41.9 Å². The normalized spacial score (nSPS) is 17.7. The van der Waals surface area contributed by atoms with Crippen LogP contribution in [0, 0.1) is 0 Å². The monoisotopic (exact) mass is 379 g/mol. The standard InChI is InChI=1S/C19H17N5O4/c25-19(24-6-3-13(10-24)28-18-9-20-4-5-21-18)15-8-14(22-23-15)12-1-2-16-17(7-12)27-11-26-16/h1-2,4-5,7-9,13H,3,6,10-11H2,(H,22,23). The molecule has 2 aliphatic rings. The molecule has 1 fully saturated rings. The van der Waals surface area contributed by atoms with Crippen molar-refractivity contribution in [3.05, 3.63) is 48.5 Å². The Hall–Kier alpha value is -3.62. The molecule has 1 atom stereocenters. The third-order valence-corrected chi connectivity index (χ3v) is 4.74. The smallest absolute Gasteiger partial charge is 0.272 e. The lowest BCUT2D eigenvalue weighted by Crippen LogP contribution is -2.31. The molecule has 1 aromatic carbocycles. The van der Waals surface area contributed by atoms with Crippen LogP contribution in [0.2, 0.25) is 0 Å². The molecule has 1 saturated heterocycles. The van der Waals surface area contributed by atoms with Crippen LogP contribution in [0.15, 0.2) is 42.9 Å². The first-order valence-corrected chi connectivity index (χ1v) is 8.93. The Balaban J connectivity index is 1.26. The summed E-state index contributed by atoms with van der Waals surface area (Å²) >= 11 is 0. The van der Waals surface area contributed by atoms with Crippen LogP contribution in [0.25, 0.3) is 11.3 Å². The zero-order chi connectivity index (χ0) is 18.9. The number of ether oxygens (including phenoxy) is 3. The Kier molecular flexibility index (Phi) is 4.04. The van der Waals surface area contributed by atoms with Gasteiger partial charge in [-0.25, -0.2) is 4.98 Å².